The Balaban J connectivity index is 2.16. The van der Waals surface area contributed by atoms with E-state index in [1.807, 2.05) is 6.92 Å². The van der Waals surface area contributed by atoms with Gasteiger partial charge in [0.1, 0.15) is 5.92 Å². The van der Waals surface area contributed by atoms with Crippen LogP contribution in [0.3, 0.4) is 0 Å². The SMILES string of the molecule is CCOC(=O)[C@@H](C)C1=N[C@]2(C(=O)OC)C[C@]2(C)S1. The Morgan fingerprint density at radius 1 is 1.56 bits per heavy atom. The lowest BCUT2D eigenvalue weighted by Crippen LogP contribution is -2.27. The van der Waals surface area contributed by atoms with E-state index in [4.69, 9.17) is 9.47 Å². The van der Waals surface area contributed by atoms with Gasteiger partial charge in [0.25, 0.3) is 0 Å². The van der Waals surface area contributed by atoms with Crippen LogP contribution in [0, 0.1) is 5.92 Å². The Morgan fingerprint density at radius 3 is 2.78 bits per heavy atom. The molecule has 1 heterocycles. The van der Waals surface area contributed by atoms with Crippen molar-refractivity contribution in [2.45, 2.75) is 37.5 Å². The summed E-state index contributed by atoms with van der Waals surface area (Å²) in [6.45, 7) is 5.84. The smallest absolute Gasteiger partial charge is 0.335 e. The van der Waals surface area contributed by atoms with Crippen LogP contribution in [-0.4, -0.2) is 41.0 Å². The molecule has 2 aliphatic rings. The summed E-state index contributed by atoms with van der Waals surface area (Å²) < 4.78 is 9.52. The van der Waals surface area contributed by atoms with Crippen LogP contribution in [0.4, 0.5) is 0 Å². The van der Waals surface area contributed by atoms with E-state index in [1.165, 1.54) is 18.9 Å². The van der Waals surface area contributed by atoms with Gasteiger partial charge >= 0.3 is 11.9 Å². The number of fused-ring (bicyclic) bond motifs is 1. The van der Waals surface area contributed by atoms with Crippen molar-refractivity contribution in [2.24, 2.45) is 10.9 Å². The van der Waals surface area contributed by atoms with Crippen molar-refractivity contribution < 1.29 is 19.1 Å². The first-order chi connectivity index (χ1) is 8.40. The zero-order valence-corrected chi connectivity index (χ0v) is 11.8. The van der Waals surface area contributed by atoms with E-state index >= 15 is 0 Å². The fourth-order valence-electron chi connectivity index (χ4n) is 2.22. The average Bonchev–Trinajstić information content (AvgIpc) is 2.82. The van der Waals surface area contributed by atoms with E-state index in [0.717, 1.165) is 0 Å². The van der Waals surface area contributed by atoms with Gasteiger partial charge in [-0.05, 0) is 20.8 Å². The Hall–Kier alpha value is -1.04. The molecular formula is C12H17NO4S. The van der Waals surface area contributed by atoms with Crippen molar-refractivity contribution in [1.82, 2.24) is 0 Å². The van der Waals surface area contributed by atoms with Crippen molar-refractivity contribution in [3.63, 3.8) is 0 Å². The molecule has 0 aromatic carbocycles. The molecule has 0 spiro atoms. The van der Waals surface area contributed by atoms with Crippen LogP contribution < -0.4 is 0 Å². The van der Waals surface area contributed by atoms with Crippen molar-refractivity contribution in [3.05, 3.63) is 0 Å². The number of methoxy groups -OCH3 is 1. The normalized spacial score (nSPS) is 34.3. The minimum absolute atomic E-state index is 0.254. The third-order valence-corrected chi connectivity index (χ3v) is 5.09. The van der Waals surface area contributed by atoms with Crippen LogP contribution in [0.1, 0.15) is 27.2 Å². The molecule has 1 aliphatic carbocycles. The maximum Gasteiger partial charge on any atom is 0.335 e. The highest BCUT2D eigenvalue weighted by atomic mass is 32.2. The van der Waals surface area contributed by atoms with Crippen molar-refractivity contribution in [1.29, 1.82) is 0 Å². The maximum atomic E-state index is 11.8. The third kappa shape index (κ3) is 1.74. The lowest BCUT2D eigenvalue weighted by Gasteiger charge is -2.11. The van der Waals surface area contributed by atoms with Crippen molar-refractivity contribution in [3.8, 4) is 0 Å². The molecule has 3 atom stereocenters. The van der Waals surface area contributed by atoms with Gasteiger partial charge in [0, 0.05) is 6.42 Å². The fraction of sp³-hybridized carbons (Fsp3) is 0.750. The topological polar surface area (TPSA) is 65.0 Å². The predicted octanol–water partition coefficient (Wildman–Crippen LogP) is 1.41. The number of nitrogens with zero attached hydrogens (tertiary/aromatic N) is 1. The lowest BCUT2D eigenvalue weighted by molar-refractivity contribution is -0.145. The highest BCUT2D eigenvalue weighted by molar-refractivity contribution is 8.15. The Labute approximate surface area is 110 Å². The molecule has 0 unspecified atom stereocenters. The number of rotatable bonds is 4. The summed E-state index contributed by atoms with van der Waals surface area (Å²) in [4.78, 5) is 27.9. The standard InChI is InChI=1S/C12H17NO4S/c1-5-17-9(14)7(2)8-13-12(10(15)16-4)6-11(12,3)18-8/h7H,5-6H2,1-4H3/t7-,11-,12-/m0/s1. The van der Waals surface area contributed by atoms with E-state index in [-0.39, 0.29) is 16.7 Å². The molecule has 1 saturated carbocycles. The first kappa shape index (κ1) is 13.4. The molecule has 0 aromatic heterocycles. The molecule has 5 nitrogen and oxygen atoms in total. The molecule has 0 aromatic rings. The van der Waals surface area contributed by atoms with Crippen LogP contribution in [0.5, 0.6) is 0 Å². The predicted molar refractivity (Wildman–Crippen MR) is 68.6 cm³/mol. The molecule has 0 radical (unpaired) electrons. The van der Waals surface area contributed by atoms with E-state index < -0.39 is 11.5 Å². The van der Waals surface area contributed by atoms with Gasteiger partial charge in [0.15, 0.2) is 5.54 Å². The van der Waals surface area contributed by atoms with Gasteiger partial charge in [-0.3, -0.25) is 9.79 Å². The quantitative estimate of drug-likeness (QED) is 0.723. The minimum Gasteiger partial charge on any atom is -0.467 e. The molecule has 0 N–H and O–H groups in total. The van der Waals surface area contributed by atoms with Gasteiger partial charge in [-0.15, -0.1) is 11.8 Å². The first-order valence-corrected chi connectivity index (χ1v) is 6.75. The molecule has 0 amide bonds. The largest absolute Gasteiger partial charge is 0.467 e. The van der Waals surface area contributed by atoms with E-state index in [9.17, 15) is 9.59 Å². The van der Waals surface area contributed by atoms with Gasteiger partial charge in [-0.25, -0.2) is 4.79 Å². The van der Waals surface area contributed by atoms with Gasteiger partial charge in [0.05, 0.1) is 23.5 Å². The van der Waals surface area contributed by atoms with Crippen molar-refractivity contribution in [2.75, 3.05) is 13.7 Å². The van der Waals surface area contributed by atoms with Crippen LogP contribution >= 0.6 is 11.8 Å². The van der Waals surface area contributed by atoms with Crippen LogP contribution in [0.25, 0.3) is 0 Å². The summed E-state index contributed by atoms with van der Waals surface area (Å²) >= 11 is 1.50. The Morgan fingerprint density at radius 2 is 2.22 bits per heavy atom. The molecule has 18 heavy (non-hydrogen) atoms. The molecular weight excluding hydrogens is 254 g/mol. The summed E-state index contributed by atoms with van der Waals surface area (Å²) in [5.74, 6) is -1.03. The van der Waals surface area contributed by atoms with E-state index in [2.05, 4.69) is 4.99 Å². The number of esters is 2. The second-order valence-corrected chi connectivity index (χ2v) is 6.31. The molecule has 1 fully saturated rings. The highest BCUT2D eigenvalue weighted by Gasteiger charge is 2.75. The number of hydrogen-bond acceptors (Lipinski definition) is 6. The van der Waals surface area contributed by atoms with Gasteiger partial charge in [-0.2, -0.15) is 0 Å². The molecule has 100 valence electrons. The molecule has 2 rings (SSSR count). The summed E-state index contributed by atoms with van der Waals surface area (Å²) in [6.07, 6.45) is 0.677. The summed E-state index contributed by atoms with van der Waals surface area (Å²) in [5.41, 5.74) is -0.775. The zero-order valence-electron chi connectivity index (χ0n) is 11.0. The van der Waals surface area contributed by atoms with Gasteiger partial charge < -0.3 is 9.47 Å². The second kappa shape index (κ2) is 4.26. The number of hydrogen-bond donors (Lipinski definition) is 0. The van der Waals surface area contributed by atoms with Crippen LogP contribution in [0.15, 0.2) is 4.99 Å². The second-order valence-electron chi connectivity index (χ2n) is 4.79. The lowest BCUT2D eigenvalue weighted by atomic mass is 10.2. The number of thioether (sulfide) groups is 1. The molecule has 1 aliphatic heterocycles. The average molecular weight is 271 g/mol. The third-order valence-electron chi connectivity index (χ3n) is 3.51. The molecule has 0 bridgehead atoms. The van der Waals surface area contributed by atoms with Gasteiger partial charge in [-0.1, -0.05) is 0 Å². The number of carbonyl (C=O) groups excluding carboxylic acids is 2. The highest BCUT2D eigenvalue weighted by Crippen LogP contribution is 2.65. The first-order valence-electron chi connectivity index (χ1n) is 5.94. The molecule has 0 saturated heterocycles. The minimum atomic E-state index is -0.775. The zero-order chi connectivity index (χ0) is 13.6. The van der Waals surface area contributed by atoms with Crippen LogP contribution in [0.2, 0.25) is 0 Å². The summed E-state index contributed by atoms with van der Waals surface area (Å²) in [7, 11) is 1.36. The maximum absolute atomic E-state index is 11.8. The Bertz CT molecular complexity index is 436. The monoisotopic (exact) mass is 271 g/mol. The van der Waals surface area contributed by atoms with Crippen LogP contribution in [-0.2, 0) is 19.1 Å². The van der Waals surface area contributed by atoms with E-state index in [0.29, 0.717) is 18.1 Å². The van der Waals surface area contributed by atoms with Crippen molar-refractivity contribution >= 4 is 28.7 Å². The van der Waals surface area contributed by atoms with Gasteiger partial charge in [0.2, 0.25) is 0 Å². The summed E-state index contributed by atoms with van der Waals surface area (Å²) in [5, 5.41) is 0.674. The molecule has 6 heteroatoms. The van der Waals surface area contributed by atoms with E-state index in [1.54, 1.807) is 13.8 Å². The number of ether oxygens (including phenoxy) is 2. The fourth-order valence-corrected chi connectivity index (χ4v) is 3.73. The number of carbonyl (C=O) groups is 2. The number of aliphatic imine (C=N–C) groups is 1. The Kier molecular flexibility index (Phi) is 3.17. The summed E-state index contributed by atoms with van der Waals surface area (Å²) in [6, 6.07) is 0.